The Morgan fingerprint density at radius 1 is 1.10 bits per heavy atom. The molecule has 160 valence electrons. The van der Waals surface area contributed by atoms with E-state index < -0.39 is 0 Å². The molecule has 1 saturated heterocycles. The Bertz CT molecular complexity index is 693. The van der Waals surface area contributed by atoms with Gasteiger partial charge in [0.2, 0.25) is 0 Å². The van der Waals surface area contributed by atoms with Gasteiger partial charge in [-0.2, -0.15) is 0 Å². The third-order valence-electron chi connectivity index (χ3n) is 7.04. The molecule has 4 nitrogen and oxygen atoms in total. The van der Waals surface area contributed by atoms with Crippen molar-refractivity contribution < 1.29 is 4.74 Å². The lowest BCUT2D eigenvalue weighted by atomic mass is 9.90. The van der Waals surface area contributed by atoms with Crippen molar-refractivity contribution in [3.63, 3.8) is 0 Å². The average molecular weight is 418 g/mol. The summed E-state index contributed by atoms with van der Waals surface area (Å²) in [5.41, 5.74) is 2.65. The number of piperidine rings is 1. The predicted molar refractivity (Wildman–Crippen MR) is 121 cm³/mol. The van der Waals surface area contributed by atoms with Crippen LogP contribution < -0.4 is 10.1 Å². The van der Waals surface area contributed by atoms with Crippen molar-refractivity contribution in [1.82, 2.24) is 15.1 Å². The standard InChI is InChI=1S/C24H36ClN3O/c1-29-23-7-8-24(25)20(16-23)15-19-9-12-27(13-10-19)17-21-11-14-28(18-26-21)22-5-3-2-4-6-22/h7-8,11,16,19,22,26H,2-6,9-10,12-15,17-18H2,1H3. The zero-order chi connectivity index (χ0) is 20.1. The van der Waals surface area contributed by atoms with Gasteiger partial charge in [0, 0.05) is 29.9 Å². The van der Waals surface area contributed by atoms with E-state index in [0.29, 0.717) is 5.92 Å². The summed E-state index contributed by atoms with van der Waals surface area (Å²) in [6.45, 7) is 5.58. The van der Waals surface area contributed by atoms with Crippen LogP contribution in [0.15, 0.2) is 30.0 Å². The quantitative estimate of drug-likeness (QED) is 0.727. The second kappa shape index (κ2) is 10.2. The summed E-state index contributed by atoms with van der Waals surface area (Å²) in [6, 6.07) is 6.80. The van der Waals surface area contributed by atoms with Gasteiger partial charge in [-0.3, -0.25) is 9.80 Å². The molecule has 5 heteroatoms. The molecule has 0 spiro atoms. The minimum absolute atomic E-state index is 0.714. The average Bonchev–Trinajstić information content (AvgIpc) is 2.78. The van der Waals surface area contributed by atoms with Crippen molar-refractivity contribution in [2.75, 3.05) is 40.0 Å². The van der Waals surface area contributed by atoms with Crippen LogP contribution in [0, 0.1) is 5.92 Å². The normalized spacial score (nSPS) is 22.9. The molecule has 0 bridgehead atoms. The molecule has 0 radical (unpaired) electrons. The number of methoxy groups -OCH3 is 1. The molecule has 1 N–H and O–H groups in total. The molecule has 1 saturated carbocycles. The maximum Gasteiger partial charge on any atom is 0.119 e. The van der Waals surface area contributed by atoms with E-state index in [4.69, 9.17) is 16.3 Å². The zero-order valence-electron chi connectivity index (χ0n) is 17.8. The number of hydrogen-bond donors (Lipinski definition) is 1. The van der Waals surface area contributed by atoms with Crippen LogP contribution in [0.1, 0.15) is 50.5 Å². The molecule has 2 aliphatic heterocycles. The van der Waals surface area contributed by atoms with Crippen LogP contribution in [-0.2, 0) is 6.42 Å². The molecular weight excluding hydrogens is 382 g/mol. The fourth-order valence-electron chi connectivity index (χ4n) is 5.15. The maximum absolute atomic E-state index is 6.41. The van der Waals surface area contributed by atoms with Crippen molar-refractivity contribution in [2.24, 2.45) is 5.92 Å². The fraction of sp³-hybridized carbons (Fsp3) is 0.667. The highest BCUT2D eigenvalue weighted by molar-refractivity contribution is 6.31. The first-order valence-corrected chi connectivity index (χ1v) is 11.8. The Hall–Kier alpha value is -1.23. The van der Waals surface area contributed by atoms with Crippen LogP contribution in [0.3, 0.4) is 0 Å². The summed E-state index contributed by atoms with van der Waals surface area (Å²) < 4.78 is 5.36. The maximum atomic E-state index is 6.41. The molecule has 0 aromatic heterocycles. The lowest BCUT2D eigenvalue weighted by Crippen LogP contribution is -2.47. The first kappa shape index (κ1) is 21.0. The Morgan fingerprint density at radius 2 is 1.90 bits per heavy atom. The highest BCUT2D eigenvalue weighted by Crippen LogP contribution is 2.29. The summed E-state index contributed by atoms with van der Waals surface area (Å²) in [4.78, 5) is 5.24. The largest absolute Gasteiger partial charge is 0.497 e. The van der Waals surface area contributed by atoms with E-state index >= 15 is 0 Å². The molecule has 1 aliphatic carbocycles. The van der Waals surface area contributed by atoms with E-state index in [1.165, 1.54) is 69.3 Å². The Labute approximate surface area is 181 Å². The van der Waals surface area contributed by atoms with Gasteiger partial charge in [-0.15, -0.1) is 0 Å². The summed E-state index contributed by atoms with van der Waals surface area (Å²) in [6.07, 6.45) is 13.0. The van der Waals surface area contributed by atoms with Crippen LogP contribution in [0.4, 0.5) is 0 Å². The third kappa shape index (κ3) is 5.68. The van der Waals surface area contributed by atoms with Gasteiger partial charge < -0.3 is 10.1 Å². The zero-order valence-corrected chi connectivity index (χ0v) is 18.6. The minimum atomic E-state index is 0.714. The van der Waals surface area contributed by atoms with Crippen molar-refractivity contribution >= 4 is 11.6 Å². The summed E-state index contributed by atoms with van der Waals surface area (Å²) in [7, 11) is 1.72. The van der Waals surface area contributed by atoms with Crippen molar-refractivity contribution in [3.05, 3.63) is 40.6 Å². The van der Waals surface area contributed by atoms with Crippen LogP contribution in [0.25, 0.3) is 0 Å². The number of rotatable bonds is 6. The van der Waals surface area contributed by atoms with Crippen LogP contribution in [0.2, 0.25) is 5.02 Å². The lowest BCUT2D eigenvalue weighted by molar-refractivity contribution is 0.148. The molecule has 1 aromatic rings. The van der Waals surface area contributed by atoms with E-state index in [0.717, 1.165) is 43.0 Å². The van der Waals surface area contributed by atoms with E-state index in [9.17, 15) is 0 Å². The molecular formula is C24H36ClN3O. The predicted octanol–water partition coefficient (Wildman–Crippen LogP) is 4.68. The second-order valence-corrected chi connectivity index (χ2v) is 9.42. The van der Waals surface area contributed by atoms with Gasteiger partial charge in [0.15, 0.2) is 0 Å². The van der Waals surface area contributed by atoms with E-state index in [2.05, 4.69) is 27.3 Å². The molecule has 0 atom stereocenters. The number of hydrogen-bond acceptors (Lipinski definition) is 4. The van der Waals surface area contributed by atoms with Crippen molar-refractivity contribution in [3.8, 4) is 5.75 Å². The van der Waals surface area contributed by atoms with Crippen LogP contribution in [0.5, 0.6) is 5.75 Å². The number of halogens is 1. The van der Waals surface area contributed by atoms with Crippen LogP contribution >= 0.6 is 11.6 Å². The van der Waals surface area contributed by atoms with Gasteiger partial charge in [-0.05, 0) is 74.9 Å². The smallest absolute Gasteiger partial charge is 0.119 e. The molecule has 2 fully saturated rings. The second-order valence-electron chi connectivity index (χ2n) is 9.01. The Balaban J connectivity index is 1.22. The molecule has 0 amide bonds. The monoisotopic (exact) mass is 417 g/mol. The molecule has 4 rings (SSSR count). The van der Waals surface area contributed by atoms with Gasteiger partial charge in [-0.1, -0.05) is 36.9 Å². The van der Waals surface area contributed by atoms with Gasteiger partial charge in [0.1, 0.15) is 5.75 Å². The Kier molecular flexibility index (Phi) is 7.39. The first-order valence-electron chi connectivity index (χ1n) is 11.4. The van der Waals surface area contributed by atoms with Gasteiger partial charge >= 0.3 is 0 Å². The molecule has 29 heavy (non-hydrogen) atoms. The summed E-state index contributed by atoms with van der Waals surface area (Å²) in [5.74, 6) is 1.62. The highest BCUT2D eigenvalue weighted by Gasteiger charge is 2.24. The third-order valence-corrected chi connectivity index (χ3v) is 7.40. The van der Waals surface area contributed by atoms with Crippen molar-refractivity contribution in [2.45, 2.75) is 57.4 Å². The number of nitrogens with one attached hydrogen (secondary N) is 1. The number of ether oxygens (including phenoxy) is 1. The number of benzene rings is 1. The number of likely N-dealkylation sites (tertiary alicyclic amines) is 1. The van der Waals surface area contributed by atoms with Gasteiger partial charge in [0.05, 0.1) is 13.8 Å². The lowest BCUT2D eigenvalue weighted by Gasteiger charge is -2.38. The van der Waals surface area contributed by atoms with Crippen molar-refractivity contribution in [1.29, 1.82) is 0 Å². The molecule has 2 heterocycles. The van der Waals surface area contributed by atoms with Gasteiger partial charge in [-0.25, -0.2) is 0 Å². The van der Waals surface area contributed by atoms with E-state index in [-0.39, 0.29) is 0 Å². The highest BCUT2D eigenvalue weighted by atomic mass is 35.5. The SMILES string of the molecule is COc1ccc(Cl)c(CC2CCN(CC3=CCN(C4CCCCC4)CN3)CC2)c1. The summed E-state index contributed by atoms with van der Waals surface area (Å²) in [5, 5.41) is 4.57. The minimum Gasteiger partial charge on any atom is -0.497 e. The number of nitrogens with zero attached hydrogens (tertiary/aromatic N) is 2. The van der Waals surface area contributed by atoms with E-state index in [1.54, 1.807) is 7.11 Å². The summed E-state index contributed by atoms with van der Waals surface area (Å²) >= 11 is 6.41. The first-order chi connectivity index (χ1) is 14.2. The topological polar surface area (TPSA) is 27.7 Å². The van der Waals surface area contributed by atoms with Gasteiger partial charge in [0.25, 0.3) is 0 Å². The molecule has 1 aromatic carbocycles. The van der Waals surface area contributed by atoms with E-state index in [1.807, 2.05) is 12.1 Å². The fourth-order valence-corrected chi connectivity index (χ4v) is 5.34. The molecule has 0 unspecified atom stereocenters. The van der Waals surface area contributed by atoms with Crippen LogP contribution in [-0.4, -0.2) is 55.8 Å². The Morgan fingerprint density at radius 3 is 2.59 bits per heavy atom. The molecule has 3 aliphatic rings.